The average molecular weight is 443 g/mol. The molecule has 0 fully saturated rings. The standard InChI is InChI=1S/C22H19FN2O3S2/c1-3-12-25-18-11-6-15(21(27)28-2)14-19(18)30-22(25)24-20(26)5-4-13-29-17-9-7-16(23)8-10-17/h1,6-11,14H,4-5,12-13H2,2H3. The normalized spacial score (nSPS) is 11.4. The van der Waals surface area contributed by atoms with Crippen molar-refractivity contribution in [1.29, 1.82) is 0 Å². The van der Waals surface area contributed by atoms with Gasteiger partial charge in [0, 0.05) is 11.3 Å². The van der Waals surface area contributed by atoms with Crippen molar-refractivity contribution < 1.29 is 18.7 Å². The molecule has 5 nitrogen and oxygen atoms in total. The zero-order valence-electron chi connectivity index (χ0n) is 16.3. The lowest BCUT2D eigenvalue weighted by Gasteiger charge is -2.02. The molecule has 0 N–H and O–H groups in total. The molecule has 0 saturated carbocycles. The van der Waals surface area contributed by atoms with Gasteiger partial charge < -0.3 is 9.30 Å². The second kappa shape index (κ2) is 10.2. The van der Waals surface area contributed by atoms with Gasteiger partial charge in [0.1, 0.15) is 5.82 Å². The molecule has 0 aliphatic carbocycles. The van der Waals surface area contributed by atoms with Crippen LogP contribution in [0.2, 0.25) is 0 Å². The molecule has 1 amide bonds. The number of aromatic nitrogens is 1. The molecule has 0 aliphatic heterocycles. The predicted octanol–water partition coefficient (Wildman–Crippen LogP) is 4.26. The fraction of sp³-hybridized carbons (Fsp3) is 0.227. The van der Waals surface area contributed by atoms with E-state index in [-0.39, 0.29) is 18.3 Å². The molecule has 0 unspecified atom stereocenters. The third-order valence-corrected chi connectivity index (χ3v) is 6.33. The summed E-state index contributed by atoms with van der Waals surface area (Å²) in [4.78, 5) is 29.8. The number of rotatable bonds is 7. The number of ether oxygens (including phenoxy) is 1. The molecule has 2 aromatic carbocycles. The lowest BCUT2D eigenvalue weighted by molar-refractivity contribution is -0.118. The topological polar surface area (TPSA) is 60.7 Å². The monoisotopic (exact) mass is 442 g/mol. The SMILES string of the molecule is C#CCn1c(=NC(=O)CCCSc2ccc(F)cc2)sc2cc(C(=O)OC)ccc21. The van der Waals surface area contributed by atoms with Crippen molar-refractivity contribution in [1.82, 2.24) is 4.57 Å². The second-order valence-corrected chi connectivity index (χ2v) is 8.44. The zero-order valence-corrected chi connectivity index (χ0v) is 17.9. The lowest BCUT2D eigenvalue weighted by Crippen LogP contribution is -2.16. The van der Waals surface area contributed by atoms with Crippen LogP contribution in [-0.4, -0.2) is 29.3 Å². The van der Waals surface area contributed by atoms with Crippen LogP contribution in [0.1, 0.15) is 23.2 Å². The summed E-state index contributed by atoms with van der Waals surface area (Å²) in [5.41, 5.74) is 1.24. The number of carbonyl (C=O) groups is 2. The maximum atomic E-state index is 12.9. The van der Waals surface area contributed by atoms with Crippen LogP contribution in [0.25, 0.3) is 10.2 Å². The minimum Gasteiger partial charge on any atom is -0.465 e. The van der Waals surface area contributed by atoms with Crippen LogP contribution in [0.5, 0.6) is 0 Å². The van der Waals surface area contributed by atoms with E-state index in [0.29, 0.717) is 23.2 Å². The van der Waals surface area contributed by atoms with Crippen molar-refractivity contribution in [3.05, 3.63) is 58.6 Å². The van der Waals surface area contributed by atoms with Crippen LogP contribution in [0.15, 0.2) is 52.4 Å². The number of hydrogen-bond acceptors (Lipinski definition) is 5. The molecule has 0 radical (unpaired) electrons. The average Bonchev–Trinajstić information content (AvgIpc) is 3.08. The van der Waals surface area contributed by atoms with E-state index in [1.54, 1.807) is 46.7 Å². The van der Waals surface area contributed by atoms with Crippen LogP contribution in [-0.2, 0) is 16.1 Å². The number of benzene rings is 2. The third kappa shape index (κ3) is 5.38. The molecule has 3 rings (SSSR count). The Morgan fingerprint density at radius 3 is 2.73 bits per heavy atom. The highest BCUT2D eigenvalue weighted by molar-refractivity contribution is 7.99. The number of carbonyl (C=O) groups excluding carboxylic acids is 2. The van der Waals surface area contributed by atoms with Crippen LogP contribution in [0, 0.1) is 18.2 Å². The van der Waals surface area contributed by atoms with E-state index in [9.17, 15) is 14.0 Å². The number of methoxy groups -OCH3 is 1. The summed E-state index contributed by atoms with van der Waals surface area (Å²) in [6.45, 7) is 0.268. The summed E-state index contributed by atoms with van der Waals surface area (Å²) in [7, 11) is 1.33. The van der Waals surface area contributed by atoms with Crippen LogP contribution < -0.4 is 4.80 Å². The van der Waals surface area contributed by atoms with Crippen molar-refractivity contribution in [2.45, 2.75) is 24.3 Å². The van der Waals surface area contributed by atoms with Crippen molar-refractivity contribution in [3.8, 4) is 12.3 Å². The lowest BCUT2D eigenvalue weighted by atomic mass is 10.2. The van der Waals surface area contributed by atoms with Gasteiger partial charge in [-0.25, -0.2) is 9.18 Å². The first-order chi connectivity index (χ1) is 14.5. The molecule has 0 bridgehead atoms. The first-order valence-electron chi connectivity index (χ1n) is 9.13. The number of halogens is 1. The molecule has 0 spiro atoms. The number of nitrogens with zero attached hydrogens (tertiary/aromatic N) is 2. The Bertz CT molecular complexity index is 1170. The van der Waals surface area contributed by atoms with Crippen molar-refractivity contribution in [3.63, 3.8) is 0 Å². The van der Waals surface area contributed by atoms with E-state index in [2.05, 4.69) is 10.9 Å². The fourth-order valence-electron chi connectivity index (χ4n) is 2.75. The minimum atomic E-state index is -0.429. The second-order valence-electron chi connectivity index (χ2n) is 6.26. The molecule has 8 heteroatoms. The van der Waals surface area contributed by atoms with Gasteiger partial charge in [0.05, 0.1) is 29.4 Å². The smallest absolute Gasteiger partial charge is 0.337 e. The Morgan fingerprint density at radius 1 is 1.27 bits per heavy atom. The number of hydrogen-bond donors (Lipinski definition) is 0. The quantitative estimate of drug-likeness (QED) is 0.237. The highest BCUT2D eigenvalue weighted by Crippen LogP contribution is 2.21. The molecule has 154 valence electrons. The van der Waals surface area contributed by atoms with Gasteiger partial charge in [-0.2, -0.15) is 4.99 Å². The van der Waals surface area contributed by atoms with Crippen LogP contribution >= 0.6 is 23.1 Å². The van der Waals surface area contributed by atoms with E-state index in [0.717, 1.165) is 20.9 Å². The number of thiazole rings is 1. The maximum Gasteiger partial charge on any atom is 0.337 e. The fourth-order valence-corrected chi connectivity index (χ4v) is 4.69. The summed E-state index contributed by atoms with van der Waals surface area (Å²) < 4.78 is 20.3. The molecule has 1 heterocycles. The van der Waals surface area contributed by atoms with Crippen LogP contribution in [0.3, 0.4) is 0 Å². The predicted molar refractivity (Wildman–Crippen MR) is 117 cm³/mol. The molecule has 30 heavy (non-hydrogen) atoms. The maximum absolute atomic E-state index is 12.9. The minimum absolute atomic E-state index is 0.236. The Balaban J connectivity index is 1.72. The molecule has 0 aliphatic rings. The molecular formula is C22H19FN2O3S2. The van der Waals surface area contributed by atoms with Gasteiger partial charge in [-0.1, -0.05) is 17.3 Å². The summed E-state index contributed by atoms with van der Waals surface area (Å²) in [5.74, 6) is 2.37. The number of fused-ring (bicyclic) bond motifs is 1. The number of esters is 1. The first kappa shape index (κ1) is 21.8. The molecule has 1 aromatic heterocycles. The van der Waals surface area contributed by atoms with E-state index in [1.165, 1.54) is 30.6 Å². The van der Waals surface area contributed by atoms with E-state index in [1.807, 2.05) is 0 Å². The summed E-state index contributed by atoms with van der Waals surface area (Å²) >= 11 is 2.87. The summed E-state index contributed by atoms with van der Waals surface area (Å²) in [5, 5.41) is 0. The van der Waals surface area contributed by atoms with Gasteiger partial charge >= 0.3 is 5.97 Å². The van der Waals surface area contributed by atoms with Gasteiger partial charge in [-0.3, -0.25) is 4.79 Å². The van der Waals surface area contributed by atoms with E-state index < -0.39 is 5.97 Å². The highest BCUT2D eigenvalue weighted by atomic mass is 32.2. The molecular weight excluding hydrogens is 423 g/mol. The Kier molecular flexibility index (Phi) is 7.44. The Morgan fingerprint density at radius 2 is 2.03 bits per heavy atom. The van der Waals surface area contributed by atoms with Crippen LogP contribution in [0.4, 0.5) is 4.39 Å². The summed E-state index contributed by atoms with van der Waals surface area (Å²) in [6, 6.07) is 11.4. The number of thioether (sulfide) groups is 1. The molecule has 3 aromatic rings. The van der Waals surface area contributed by atoms with Gasteiger partial charge in [0.25, 0.3) is 0 Å². The van der Waals surface area contributed by atoms with Crippen molar-refractivity contribution in [2.75, 3.05) is 12.9 Å². The third-order valence-electron chi connectivity index (χ3n) is 4.19. The first-order valence-corrected chi connectivity index (χ1v) is 10.9. The van der Waals surface area contributed by atoms with Crippen molar-refractivity contribution >= 4 is 45.2 Å². The van der Waals surface area contributed by atoms with Gasteiger partial charge in [0.2, 0.25) is 5.91 Å². The van der Waals surface area contributed by atoms with Gasteiger partial charge in [0.15, 0.2) is 4.80 Å². The van der Waals surface area contributed by atoms with Gasteiger partial charge in [-0.05, 0) is 54.6 Å². The molecule has 0 atom stereocenters. The largest absolute Gasteiger partial charge is 0.465 e. The highest BCUT2D eigenvalue weighted by Gasteiger charge is 2.11. The molecule has 0 saturated heterocycles. The Hall–Kier alpha value is -2.89. The zero-order chi connectivity index (χ0) is 21.5. The Labute approximate surface area is 181 Å². The number of amides is 1. The van der Waals surface area contributed by atoms with E-state index >= 15 is 0 Å². The summed E-state index contributed by atoms with van der Waals surface area (Å²) in [6.07, 6.45) is 6.43. The number of terminal acetylenes is 1. The van der Waals surface area contributed by atoms with E-state index in [4.69, 9.17) is 11.2 Å². The van der Waals surface area contributed by atoms with Gasteiger partial charge in [-0.15, -0.1) is 18.2 Å². The van der Waals surface area contributed by atoms with Crippen molar-refractivity contribution in [2.24, 2.45) is 4.99 Å².